The molecular weight excluding hydrogens is 1350 g/mol. The minimum atomic E-state index is -5.01. The van der Waals surface area contributed by atoms with Crippen LogP contribution in [0.3, 0.4) is 0 Å². The smallest absolute Gasteiger partial charge is 0.462 e. The van der Waals surface area contributed by atoms with Crippen molar-refractivity contribution in [3.63, 3.8) is 0 Å². The van der Waals surface area contributed by atoms with Gasteiger partial charge in [0.25, 0.3) is 0 Å². The lowest BCUT2D eigenvalue weighted by atomic mass is 10.1. The number of hydrogen-bond acceptors (Lipinski definition) is 15. The second kappa shape index (κ2) is 75.1. The van der Waals surface area contributed by atoms with Gasteiger partial charge in [-0.15, -0.1) is 0 Å². The molecule has 19 heteroatoms. The predicted octanol–water partition coefficient (Wildman–Crippen LogP) is 22.5. The van der Waals surface area contributed by atoms with E-state index >= 15 is 0 Å². The van der Waals surface area contributed by atoms with Crippen LogP contribution < -0.4 is 0 Å². The first kappa shape index (κ1) is 97.9. The molecule has 0 aromatic heterocycles. The topological polar surface area (TPSA) is 237 Å². The number of carbonyl (C=O) groups is 4. The summed E-state index contributed by atoms with van der Waals surface area (Å²) in [4.78, 5) is 72.9. The Labute approximate surface area is 627 Å². The van der Waals surface area contributed by atoms with E-state index in [0.717, 1.165) is 154 Å². The van der Waals surface area contributed by atoms with Gasteiger partial charge in [-0.1, -0.05) is 261 Å². The third-order valence-electron chi connectivity index (χ3n) is 15.1. The van der Waals surface area contributed by atoms with E-state index in [1.807, 2.05) is 18.2 Å². The van der Waals surface area contributed by atoms with Crippen LogP contribution in [0, 0.1) is 0 Å². The van der Waals surface area contributed by atoms with Gasteiger partial charge in [-0.05, 0) is 167 Å². The highest BCUT2D eigenvalue weighted by atomic mass is 31.2. The Morgan fingerprint density at radius 3 is 0.885 bits per heavy atom. The molecule has 0 aliphatic carbocycles. The SMILES string of the molecule is CC/C=C\C/C=C\C/C=C\C/C=C\C/C=C\CCCCCC(=O)OCC(COP(=O)(O)OCC(O)COP(=O)(O)OCC(COC(=O)C/C=C\C/C=C\C/C=C\C/C=C\C/C=C\CC)OC(=O)CCCCCCC/C=C\C/C=C\CCCCC)OC(=O)CCCC/C=C\C/C=C\C/C=C\C/C=C\CC. The van der Waals surface area contributed by atoms with Crippen molar-refractivity contribution in [3.8, 4) is 0 Å². The summed E-state index contributed by atoms with van der Waals surface area (Å²) >= 11 is 0. The fourth-order valence-electron chi connectivity index (χ4n) is 9.28. The van der Waals surface area contributed by atoms with Crippen molar-refractivity contribution in [2.75, 3.05) is 39.6 Å². The first-order valence-electron chi connectivity index (χ1n) is 38.7. The quantitative estimate of drug-likeness (QED) is 0.0169. The molecule has 0 saturated heterocycles. The van der Waals surface area contributed by atoms with Gasteiger partial charge < -0.3 is 33.8 Å². The molecule has 104 heavy (non-hydrogen) atoms. The molecular formula is C85H134O17P2. The molecule has 0 rings (SSSR count). The van der Waals surface area contributed by atoms with Gasteiger partial charge in [0.05, 0.1) is 32.8 Å². The van der Waals surface area contributed by atoms with E-state index in [-0.39, 0.29) is 25.7 Å². The number of ether oxygens (including phenoxy) is 4. The average molecular weight is 1490 g/mol. The van der Waals surface area contributed by atoms with E-state index in [9.17, 15) is 43.2 Å². The van der Waals surface area contributed by atoms with Gasteiger partial charge in [-0.25, -0.2) is 9.13 Å². The zero-order chi connectivity index (χ0) is 76.0. The Bertz CT molecular complexity index is 2740. The maximum absolute atomic E-state index is 13.1. The van der Waals surface area contributed by atoms with Crippen LogP contribution >= 0.6 is 15.6 Å². The zero-order valence-electron chi connectivity index (χ0n) is 63.9. The maximum atomic E-state index is 13.1. The minimum Gasteiger partial charge on any atom is -0.462 e. The van der Waals surface area contributed by atoms with Gasteiger partial charge in [0.15, 0.2) is 12.2 Å². The van der Waals surface area contributed by atoms with Crippen LogP contribution in [0.5, 0.6) is 0 Å². The molecule has 0 aromatic rings. The van der Waals surface area contributed by atoms with Gasteiger partial charge in [0.2, 0.25) is 0 Å². The monoisotopic (exact) mass is 1490 g/mol. The third kappa shape index (κ3) is 74.2. The number of unbranched alkanes of at least 4 members (excludes halogenated alkanes) is 13. The number of carbonyl (C=O) groups excluding carboxylic acids is 4. The molecule has 3 N–H and O–H groups in total. The van der Waals surface area contributed by atoms with Crippen LogP contribution in [-0.4, -0.2) is 96.7 Å². The molecule has 0 aromatic carbocycles. The van der Waals surface area contributed by atoms with Crippen LogP contribution in [-0.2, 0) is 65.4 Å². The number of phosphoric ester groups is 2. The molecule has 0 heterocycles. The summed E-state index contributed by atoms with van der Waals surface area (Å²) in [7, 11) is -10.0. The number of esters is 4. The van der Waals surface area contributed by atoms with Crippen LogP contribution in [0.25, 0.3) is 0 Å². The van der Waals surface area contributed by atoms with Crippen LogP contribution in [0.1, 0.15) is 259 Å². The molecule has 586 valence electrons. The summed E-state index contributed by atoms with van der Waals surface area (Å²) in [6.07, 6.45) is 91.7. The van der Waals surface area contributed by atoms with Crippen molar-refractivity contribution in [3.05, 3.63) is 194 Å². The average Bonchev–Trinajstić information content (AvgIpc) is 0.918. The second-order valence-corrected chi connectivity index (χ2v) is 27.7. The zero-order valence-corrected chi connectivity index (χ0v) is 65.6. The van der Waals surface area contributed by atoms with E-state index in [2.05, 4.69) is 198 Å². The molecule has 0 radical (unpaired) electrons. The number of phosphoric acid groups is 2. The van der Waals surface area contributed by atoms with E-state index in [1.54, 1.807) is 6.08 Å². The summed E-state index contributed by atoms with van der Waals surface area (Å²) in [6, 6.07) is 0. The maximum Gasteiger partial charge on any atom is 0.472 e. The van der Waals surface area contributed by atoms with Crippen LogP contribution in [0.2, 0.25) is 0 Å². The lowest BCUT2D eigenvalue weighted by molar-refractivity contribution is -0.161. The number of aliphatic hydroxyl groups is 1. The molecule has 0 aliphatic rings. The molecule has 0 fully saturated rings. The lowest BCUT2D eigenvalue weighted by Crippen LogP contribution is -2.30. The number of aliphatic hydroxyl groups excluding tert-OH is 1. The Kier molecular flexibility index (Phi) is 70.7. The molecule has 0 spiro atoms. The summed E-state index contributed by atoms with van der Waals surface area (Å²) in [6.45, 7) is 4.24. The van der Waals surface area contributed by atoms with E-state index < -0.39 is 97.5 Å². The van der Waals surface area contributed by atoms with Gasteiger partial charge in [-0.3, -0.25) is 37.3 Å². The highest BCUT2D eigenvalue weighted by Gasteiger charge is 2.30. The largest absolute Gasteiger partial charge is 0.472 e. The van der Waals surface area contributed by atoms with Crippen molar-refractivity contribution >= 4 is 39.5 Å². The van der Waals surface area contributed by atoms with Crippen molar-refractivity contribution in [1.29, 1.82) is 0 Å². The van der Waals surface area contributed by atoms with Gasteiger partial charge in [0, 0.05) is 19.3 Å². The minimum absolute atomic E-state index is 0.0242. The Hall–Kier alpha value is -6.10. The first-order chi connectivity index (χ1) is 50.7. The fourth-order valence-corrected chi connectivity index (χ4v) is 10.9. The van der Waals surface area contributed by atoms with Crippen LogP contribution in [0.4, 0.5) is 0 Å². The molecule has 5 atom stereocenters. The molecule has 0 saturated carbocycles. The second-order valence-electron chi connectivity index (χ2n) is 24.8. The van der Waals surface area contributed by atoms with Crippen molar-refractivity contribution < 1.29 is 80.2 Å². The Morgan fingerprint density at radius 2 is 0.538 bits per heavy atom. The normalized spacial score (nSPS) is 15.0. The lowest BCUT2D eigenvalue weighted by Gasteiger charge is -2.21. The summed E-state index contributed by atoms with van der Waals surface area (Å²) in [5.41, 5.74) is 0. The first-order valence-corrected chi connectivity index (χ1v) is 41.7. The summed E-state index contributed by atoms with van der Waals surface area (Å²) in [5.74, 6) is -2.45. The fraction of sp³-hybridized carbons (Fsp3) is 0.576. The van der Waals surface area contributed by atoms with Crippen LogP contribution in [0.15, 0.2) is 194 Å². The van der Waals surface area contributed by atoms with Crippen molar-refractivity contribution in [2.45, 2.75) is 277 Å². The highest BCUT2D eigenvalue weighted by Crippen LogP contribution is 2.45. The predicted molar refractivity (Wildman–Crippen MR) is 426 cm³/mol. The van der Waals surface area contributed by atoms with E-state index in [0.29, 0.717) is 32.1 Å². The van der Waals surface area contributed by atoms with Gasteiger partial charge in [0.1, 0.15) is 19.3 Å². The molecule has 0 bridgehead atoms. The number of hydrogen-bond donors (Lipinski definition) is 3. The molecule has 5 unspecified atom stereocenters. The van der Waals surface area contributed by atoms with Crippen molar-refractivity contribution in [2.24, 2.45) is 0 Å². The summed E-state index contributed by atoms with van der Waals surface area (Å²) in [5, 5.41) is 10.6. The van der Waals surface area contributed by atoms with Crippen molar-refractivity contribution in [1.82, 2.24) is 0 Å². The van der Waals surface area contributed by atoms with Gasteiger partial charge >= 0.3 is 39.5 Å². The summed E-state index contributed by atoms with van der Waals surface area (Å²) < 4.78 is 68.3. The third-order valence-corrected chi connectivity index (χ3v) is 17.0. The number of allylic oxidation sites excluding steroid dienone is 31. The Morgan fingerprint density at radius 1 is 0.288 bits per heavy atom. The van der Waals surface area contributed by atoms with E-state index in [4.69, 9.17) is 37.0 Å². The van der Waals surface area contributed by atoms with Gasteiger partial charge in [-0.2, -0.15) is 0 Å². The number of rotatable bonds is 70. The highest BCUT2D eigenvalue weighted by molar-refractivity contribution is 7.47. The Balaban J connectivity index is 5.53. The van der Waals surface area contributed by atoms with E-state index in [1.165, 1.54) is 19.3 Å². The standard InChI is InChI=1S/C85H134O17P2/c1-5-9-13-17-21-25-29-33-37-38-39-40-44-46-50-54-58-62-66-70-83(88)96-76-81(102-85(90)72-68-64-60-56-52-48-43-36-32-28-24-20-16-12-8-4)78-100-104(93,94)98-74-79(86)73-97-103(91,92)99-77-80(101-84(89)71-67-63-59-55-51-47-42-35-31-27-23-19-15-11-7-3)75-95-82(87)69-65-61-57-53-49-45-41-34-30-26-22-18-14-10-6-2/h9-10,12-14,16,21-28,33-37,39-43,46,49-50,52-53,56,61,65,79-81,86H,5-8,11,15,17-20,29-32,38,44-45,47-48,51,54-55,57-60,62-64,66-78H2,1-4H3,(H,91,92)(H,93,94)/b13-9-,14-10-,16-12-,25-21-,26-22-,27-23-,28-24-,37-33-,40-39-,41-34-,42-35-,43-36-,50-46-,53-49-,56-52-,65-61-. The molecule has 0 aliphatic heterocycles. The molecule has 17 nitrogen and oxygen atoms in total. The molecule has 0 amide bonds.